The second-order valence-electron chi connectivity index (χ2n) is 5.18. The maximum atomic E-state index is 12.8. The average molecular weight is 352 g/mol. The third kappa shape index (κ3) is 4.35. The molecular weight excluding hydrogens is 335 g/mol. The molecule has 0 amide bonds. The Balaban J connectivity index is 2.44. The lowest BCUT2D eigenvalue weighted by Gasteiger charge is -2.17. The Bertz CT molecular complexity index is 780. The molecule has 0 aliphatic heterocycles. The highest BCUT2D eigenvalue weighted by molar-refractivity contribution is 7.46. The molecule has 0 radical (unpaired) electrons. The van der Waals surface area contributed by atoms with Gasteiger partial charge in [0.1, 0.15) is 17.2 Å². The summed E-state index contributed by atoms with van der Waals surface area (Å²) in [4.78, 5) is 30.8. The molecule has 0 spiro atoms. The van der Waals surface area contributed by atoms with Crippen molar-refractivity contribution in [2.24, 2.45) is 0 Å². The van der Waals surface area contributed by atoms with Crippen molar-refractivity contribution in [2.75, 3.05) is 0 Å². The fraction of sp³-hybridized carbons (Fsp3) is 0.188. The van der Waals surface area contributed by atoms with Crippen LogP contribution in [0, 0.1) is 0 Å². The molecule has 0 bridgehead atoms. The van der Waals surface area contributed by atoms with Crippen LogP contribution in [0.15, 0.2) is 42.5 Å². The zero-order valence-corrected chi connectivity index (χ0v) is 13.7. The number of carbonyl (C=O) groups is 1. The van der Waals surface area contributed by atoms with Gasteiger partial charge in [-0.05, 0) is 42.3 Å². The van der Waals surface area contributed by atoms with Crippen molar-refractivity contribution in [3.05, 3.63) is 53.6 Å². The highest BCUT2D eigenvalue weighted by Gasteiger charge is 2.27. The molecule has 2 aromatic rings. The first kappa shape index (κ1) is 18.0. The normalized spacial score (nSPS) is 12.6. The summed E-state index contributed by atoms with van der Waals surface area (Å²) >= 11 is 0. The molecule has 8 heteroatoms. The summed E-state index contributed by atoms with van der Waals surface area (Å²) in [5.41, 5.74) is 0.504. The monoisotopic (exact) mass is 352 g/mol. The van der Waals surface area contributed by atoms with E-state index in [0.717, 1.165) is 12.1 Å². The SMILES string of the molecule is CCC(C(=O)c1cc(O)ccc1OP(=O)(O)O)c1ccc(O)cc1. The first-order chi connectivity index (χ1) is 11.2. The first-order valence-corrected chi connectivity index (χ1v) is 8.65. The maximum Gasteiger partial charge on any atom is 0.524 e. The molecule has 0 fully saturated rings. The number of phenolic OH excluding ortho intramolecular Hbond substituents is 2. The standard InChI is InChI=1S/C16H17O7P/c1-2-13(10-3-5-11(17)6-4-10)16(19)14-9-12(18)7-8-15(14)23-24(20,21)22/h3-9,13,17-18H,2H2,1H3,(H2,20,21,22). The molecule has 2 aromatic carbocycles. The molecule has 24 heavy (non-hydrogen) atoms. The number of aromatic hydroxyl groups is 2. The van der Waals surface area contributed by atoms with Gasteiger partial charge in [-0.3, -0.25) is 14.6 Å². The van der Waals surface area contributed by atoms with Gasteiger partial charge in [0.05, 0.1) is 5.56 Å². The van der Waals surface area contributed by atoms with E-state index in [1.54, 1.807) is 19.1 Å². The number of benzene rings is 2. The molecule has 0 saturated carbocycles. The predicted octanol–water partition coefficient (Wildman–Crippen LogP) is 2.95. The van der Waals surface area contributed by atoms with Crippen molar-refractivity contribution in [1.82, 2.24) is 0 Å². The Morgan fingerprint density at radius 3 is 2.21 bits per heavy atom. The number of phosphoric acid groups is 1. The molecule has 0 aliphatic carbocycles. The molecule has 0 aliphatic rings. The summed E-state index contributed by atoms with van der Waals surface area (Å²) in [6, 6.07) is 9.48. The van der Waals surface area contributed by atoms with Gasteiger partial charge in [-0.25, -0.2) is 4.57 Å². The van der Waals surface area contributed by atoms with Crippen molar-refractivity contribution in [1.29, 1.82) is 0 Å². The quantitative estimate of drug-likeness (QED) is 0.465. The average Bonchev–Trinajstić information content (AvgIpc) is 2.50. The highest BCUT2D eigenvalue weighted by Crippen LogP contribution is 2.41. The molecule has 0 aromatic heterocycles. The van der Waals surface area contributed by atoms with Gasteiger partial charge in [-0.2, -0.15) is 0 Å². The number of carbonyl (C=O) groups excluding carboxylic acids is 1. The van der Waals surface area contributed by atoms with E-state index in [-0.39, 0.29) is 22.8 Å². The van der Waals surface area contributed by atoms with E-state index < -0.39 is 19.5 Å². The minimum atomic E-state index is -4.85. The molecule has 128 valence electrons. The van der Waals surface area contributed by atoms with Crippen molar-refractivity contribution in [2.45, 2.75) is 19.3 Å². The lowest BCUT2D eigenvalue weighted by molar-refractivity contribution is 0.0955. The van der Waals surface area contributed by atoms with Gasteiger partial charge in [0.2, 0.25) is 0 Å². The number of hydrogen-bond acceptors (Lipinski definition) is 5. The van der Waals surface area contributed by atoms with E-state index in [2.05, 4.69) is 4.52 Å². The number of hydrogen-bond donors (Lipinski definition) is 4. The number of Topliss-reactive ketones (excluding diaryl/α,β-unsaturated/α-hetero) is 1. The Morgan fingerprint density at radius 2 is 1.67 bits per heavy atom. The second kappa shape index (κ2) is 7.05. The topological polar surface area (TPSA) is 124 Å². The van der Waals surface area contributed by atoms with Gasteiger partial charge in [-0.1, -0.05) is 19.1 Å². The lowest BCUT2D eigenvalue weighted by atomic mass is 9.88. The maximum absolute atomic E-state index is 12.8. The fourth-order valence-corrected chi connectivity index (χ4v) is 2.80. The molecule has 1 atom stereocenters. The summed E-state index contributed by atoms with van der Waals surface area (Å²) in [6.45, 7) is 1.78. The van der Waals surface area contributed by atoms with Crippen LogP contribution in [0.1, 0.15) is 35.2 Å². The van der Waals surface area contributed by atoms with Crippen LogP contribution in [0.5, 0.6) is 17.2 Å². The highest BCUT2D eigenvalue weighted by atomic mass is 31.2. The Labute approximate surface area is 138 Å². The van der Waals surface area contributed by atoms with E-state index in [9.17, 15) is 19.6 Å². The number of rotatable bonds is 6. The molecule has 2 rings (SSSR count). The Hall–Kier alpha value is -2.34. The van der Waals surface area contributed by atoms with Crippen LogP contribution in [0.4, 0.5) is 0 Å². The fourth-order valence-electron chi connectivity index (χ4n) is 2.39. The number of ketones is 1. The van der Waals surface area contributed by atoms with Crippen molar-refractivity contribution < 1.29 is 33.9 Å². The Kier molecular flexibility index (Phi) is 5.29. The summed E-state index contributed by atoms with van der Waals surface area (Å²) in [6.07, 6.45) is 0.411. The molecule has 0 saturated heterocycles. The second-order valence-corrected chi connectivity index (χ2v) is 6.34. The van der Waals surface area contributed by atoms with Gasteiger partial charge in [0.15, 0.2) is 5.78 Å². The van der Waals surface area contributed by atoms with Crippen molar-refractivity contribution in [3.8, 4) is 17.2 Å². The van der Waals surface area contributed by atoms with Gasteiger partial charge in [0, 0.05) is 5.92 Å². The first-order valence-electron chi connectivity index (χ1n) is 7.12. The summed E-state index contributed by atoms with van der Waals surface area (Å²) in [5.74, 6) is -1.54. The number of phenols is 2. The smallest absolute Gasteiger partial charge is 0.508 e. The Morgan fingerprint density at radius 1 is 1.08 bits per heavy atom. The van der Waals surface area contributed by atoms with Crippen molar-refractivity contribution in [3.63, 3.8) is 0 Å². The third-order valence-corrected chi connectivity index (χ3v) is 3.90. The van der Waals surface area contributed by atoms with E-state index >= 15 is 0 Å². The van der Waals surface area contributed by atoms with Crippen LogP contribution >= 0.6 is 7.82 Å². The third-order valence-electron chi connectivity index (χ3n) is 3.47. The van der Waals surface area contributed by atoms with Crippen LogP contribution in [-0.4, -0.2) is 25.8 Å². The van der Waals surface area contributed by atoms with Gasteiger partial charge in [-0.15, -0.1) is 0 Å². The summed E-state index contributed by atoms with van der Waals surface area (Å²) in [5, 5.41) is 19.0. The number of phosphoric ester groups is 1. The minimum absolute atomic E-state index is 0.0592. The van der Waals surface area contributed by atoms with Crippen LogP contribution in [-0.2, 0) is 4.57 Å². The van der Waals surface area contributed by atoms with Crippen LogP contribution in [0.3, 0.4) is 0 Å². The lowest BCUT2D eigenvalue weighted by Crippen LogP contribution is -2.13. The van der Waals surface area contributed by atoms with Gasteiger partial charge in [0.25, 0.3) is 0 Å². The zero-order chi connectivity index (χ0) is 17.9. The van der Waals surface area contributed by atoms with Crippen LogP contribution in [0.2, 0.25) is 0 Å². The van der Waals surface area contributed by atoms with Crippen molar-refractivity contribution >= 4 is 13.6 Å². The summed E-state index contributed by atoms with van der Waals surface area (Å²) < 4.78 is 15.6. The van der Waals surface area contributed by atoms with Crippen LogP contribution in [0.25, 0.3) is 0 Å². The molecule has 7 nitrogen and oxygen atoms in total. The van der Waals surface area contributed by atoms with E-state index in [1.165, 1.54) is 18.2 Å². The zero-order valence-electron chi connectivity index (χ0n) is 12.8. The molecule has 0 heterocycles. The van der Waals surface area contributed by atoms with Gasteiger partial charge < -0.3 is 14.7 Å². The molecular formula is C16H17O7P. The minimum Gasteiger partial charge on any atom is -0.508 e. The molecule has 1 unspecified atom stereocenters. The van der Waals surface area contributed by atoms with E-state index in [1.807, 2.05) is 0 Å². The van der Waals surface area contributed by atoms with E-state index in [0.29, 0.717) is 12.0 Å². The summed E-state index contributed by atoms with van der Waals surface area (Å²) in [7, 11) is -4.85. The molecule has 4 N–H and O–H groups in total. The van der Waals surface area contributed by atoms with Gasteiger partial charge >= 0.3 is 7.82 Å². The largest absolute Gasteiger partial charge is 0.524 e. The van der Waals surface area contributed by atoms with E-state index in [4.69, 9.17) is 9.79 Å². The predicted molar refractivity (Wildman–Crippen MR) is 86.2 cm³/mol. The van der Waals surface area contributed by atoms with Crippen LogP contribution < -0.4 is 4.52 Å².